The van der Waals surface area contributed by atoms with E-state index in [0.29, 0.717) is 23.9 Å². The Hall–Kier alpha value is -0.610. The van der Waals surface area contributed by atoms with Crippen LogP contribution in [0.5, 0.6) is 0 Å². The Balaban J connectivity index is 1.95. The molecule has 2 N–H and O–H groups in total. The van der Waals surface area contributed by atoms with E-state index in [4.69, 9.17) is 5.73 Å². The highest BCUT2D eigenvalue weighted by Gasteiger charge is 2.35. The smallest absolute Gasteiger partial charge is 0.225 e. The maximum atomic E-state index is 12.8. The van der Waals surface area contributed by atoms with Crippen LogP contribution in [0.15, 0.2) is 0 Å². The molecule has 1 saturated heterocycles. The van der Waals surface area contributed by atoms with Crippen molar-refractivity contribution >= 4 is 5.91 Å². The van der Waals surface area contributed by atoms with Crippen molar-refractivity contribution in [3.05, 3.63) is 0 Å². The average Bonchev–Trinajstić information content (AvgIpc) is 2.84. The van der Waals surface area contributed by atoms with Crippen LogP contribution in [0.1, 0.15) is 45.4 Å². The zero-order valence-corrected chi connectivity index (χ0v) is 13.3. The minimum absolute atomic E-state index is 0.143. The molecule has 1 amide bonds. The molecular weight excluding hydrogens is 250 g/mol. The van der Waals surface area contributed by atoms with Gasteiger partial charge in [-0.2, -0.15) is 0 Å². The van der Waals surface area contributed by atoms with E-state index in [1.54, 1.807) is 0 Å². The Kier molecular flexibility index (Phi) is 5.44. The summed E-state index contributed by atoms with van der Waals surface area (Å²) in [5.74, 6) is 1.00. The summed E-state index contributed by atoms with van der Waals surface area (Å²) < 4.78 is 0. The van der Waals surface area contributed by atoms with E-state index in [0.717, 1.165) is 38.8 Å². The third kappa shape index (κ3) is 3.73. The first-order valence-corrected chi connectivity index (χ1v) is 8.19. The highest BCUT2D eigenvalue weighted by atomic mass is 16.2. The second-order valence-corrected chi connectivity index (χ2v) is 7.07. The SMILES string of the molecule is CC(C(=O)N1CCCC1CN(C)C)C1CCCC(N)C1. The van der Waals surface area contributed by atoms with Crippen LogP contribution in [0, 0.1) is 11.8 Å². The largest absolute Gasteiger partial charge is 0.338 e. The summed E-state index contributed by atoms with van der Waals surface area (Å²) in [7, 11) is 4.18. The Labute approximate surface area is 123 Å². The lowest BCUT2D eigenvalue weighted by atomic mass is 9.78. The topological polar surface area (TPSA) is 49.6 Å². The Morgan fingerprint density at radius 3 is 2.70 bits per heavy atom. The highest BCUT2D eigenvalue weighted by Crippen LogP contribution is 2.32. The third-order valence-electron chi connectivity index (χ3n) is 5.09. The van der Waals surface area contributed by atoms with Gasteiger partial charge in [0.25, 0.3) is 0 Å². The molecule has 0 spiro atoms. The zero-order valence-electron chi connectivity index (χ0n) is 13.3. The van der Waals surface area contributed by atoms with Crippen LogP contribution in [-0.2, 0) is 4.79 Å². The molecule has 0 bridgehead atoms. The Bertz CT molecular complexity index is 332. The van der Waals surface area contributed by atoms with Gasteiger partial charge in [0.05, 0.1) is 0 Å². The second kappa shape index (κ2) is 6.90. The minimum atomic E-state index is 0.143. The maximum Gasteiger partial charge on any atom is 0.225 e. The quantitative estimate of drug-likeness (QED) is 0.853. The first-order chi connectivity index (χ1) is 9.49. The zero-order chi connectivity index (χ0) is 14.7. The predicted octanol–water partition coefficient (Wildman–Crippen LogP) is 1.69. The molecule has 1 saturated carbocycles. The van der Waals surface area contributed by atoms with Crippen LogP contribution >= 0.6 is 0 Å². The molecule has 0 radical (unpaired) electrons. The fraction of sp³-hybridized carbons (Fsp3) is 0.938. The summed E-state index contributed by atoms with van der Waals surface area (Å²) in [4.78, 5) is 17.1. The molecule has 2 fully saturated rings. The molecule has 1 aliphatic carbocycles. The van der Waals surface area contributed by atoms with Gasteiger partial charge < -0.3 is 15.5 Å². The summed E-state index contributed by atoms with van der Waals surface area (Å²) in [5.41, 5.74) is 6.08. The first kappa shape index (κ1) is 15.8. The lowest BCUT2D eigenvalue weighted by Gasteiger charge is -2.35. The fourth-order valence-corrected chi connectivity index (χ4v) is 3.92. The van der Waals surface area contributed by atoms with E-state index >= 15 is 0 Å². The van der Waals surface area contributed by atoms with Crippen molar-refractivity contribution < 1.29 is 4.79 Å². The van der Waals surface area contributed by atoms with Crippen molar-refractivity contribution in [1.82, 2.24) is 9.80 Å². The van der Waals surface area contributed by atoms with Gasteiger partial charge in [-0.15, -0.1) is 0 Å². The molecule has 4 nitrogen and oxygen atoms in total. The second-order valence-electron chi connectivity index (χ2n) is 7.07. The van der Waals surface area contributed by atoms with Gasteiger partial charge in [-0.1, -0.05) is 13.3 Å². The van der Waals surface area contributed by atoms with Crippen LogP contribution in [0.4, 0.5) is 0 Å². The number of likely N-dealkylation sites (N-methyl/N-ethyl adjacent to an activating group) is 1. The standard InChI is InChI=1S/C16H31N3O/c1-12(13-6-4-7-14(17)10-13)16(20)19-9-5-8-15(19)11-18(2)3/h12-15H,4-11,17H2,1-3H3. The molecule has 2 aliphatic rings. The summed E-state index contributed by atoms with van der Waals surface area (Å²) in [5, 5.41) is 0. The highest BCUT2D eigenvalue weighted by molar-refractivity contribution is 5.79. The van der Waals surface area contributed by atoms with Crippen LogP contribution in [0.3, 0.4) is 0 Å². The number of nitrogens with zero attached hydrogens (tertiary/aromatic N) is 2. The van der Waals surface area contributed by atoms with E-state index < -0.39 is 0 Å². The lowest BCUT2D eigenvalue weighted by Crippen LogP contribution is -2.46. The van der Waals surface area contributed by atoms with Gasteiger partial charge >= 0.3 is 0 Å². The number of rotatable bonds is 4. The molecule has 20 heavy (non-hydrogen) atoms. The molecule has 1 heterocycles. The van der Waals surface area contributed by atoms with Crippen molar-refractivity contribution in [2.75, 3.05) is 27.2 Å². The number of carbonyl (C=O) groups is 1. The molecular formula is C16H31N3O. The van der Waals surface area contributed by atoms with Gasteiger partial charge in [0, 0.05) is 31.1 Å². The van der Waals surface area contributed by atoms with Gasteiger partial charge in [-0.05, 0) is 52.1 Å². The number of hydrogen-bond acceptors (Lipinski definition) is 3. The van der Waals surface area contributed by atoms with Gasteiger partial charge in [-0.3, -0.25) is 4.79 Å². The van der Waals surface area contributed by atoms with Crippen molar-refractivity contribution in [2.24, 2.45) is 17.6 Å². The number of amides is 1. The monoisotopic (exact) mass is 281 g/mol. The molecule has 4 heteroatoms. The van der Waals surface area contributed by atoms with Gasteiger partial charge in [0.15, 0.2) is 0 Å². The van der Waals surface area contributed by atoms with Crippen molar-refractivity contribution in [2.45, 2.75) is 57.5 Å². The summed E-state index contributed by atoms with van der Waals surface area (Å²) in [6.45, 7) is 4.05. The van der Waals surface area contributed by atoms with Crippen LogP contribution in [-0.4, -0.2) is 55.0 Å². The Morgan fingerprint density at radius 2 is 2.05 bits per heavy atom. The fourth-order valence-electron chi connectivity index (χ4n) is 3.92. The third-order valence-corrected chi connectivity index (χ3v) is 5.09. The molecule has 0 aromatic heterocycles. The summed E-state index contributed by atoms with van der Waals surface area (Å²) >= 11 is 0. The number of nitrogens with two attached hydrogens (primary N) is 1. The summed E-state index contributed by atoms with van der Waals surface area (Å²) in [6.07, 6.45) is 6.82. The van der Waals surface area contributed by atoms with Crippen molar-refractivity contribution in [3.8, 4) is 0 Å². The van der Waals surface area contributed by atoms with E-state index in [9.17, 15) is 4.79 Å². The number of carbonyl (C=O) groups excluding carboxylic acids is 1. The van der Waals surface area contributed by atoms with Gasteiger partial charge in [0.1, 0.15) is 0 Å². The number of hydrogen-bond donors (Lipinski definition) is 1. The normalized spacial score (nSPS) is 32.6. The minimum Gasteiger partial charge on any atom is -0.338 e. The maximum absolute atomic E-state index is 12.8. The number of likely N-dealkylation sites (tertiary alicyclic amines) is 1. The van der Waals surface area contributed by atoms with E-state index in [2.05, 4.69) is 30.8 Å². The first-order valence-electron chi connectivity index (χ1n) is 8.19. The van der Waals surface area contributed by atoms with Crippen molar-refractivity contribution in [1.29, 1.82) is 0 Å². The van der Waals surface area contributed by atoms with Gasteiger partial charge in [-0.25, -0.2) is 0 Å². The van der Waals surface area contributed by atoms with Crippen LogP contribution in [0.2, 0.25) is 0 Å². The molecule has 1 aliphatic heterocycles. The molecule has 0 aromatic rings. The van der Waals surface area contributed by atoms with Crippen LogP contribution in [0.25, 0.3) is 0 Å². The van der Waals surface area contributed by atoms with Crippen molar-refractivity contribution in [3.63, 3.8) is 0 Å². The lowest BCUT2D eigenvalue weighted by molar-refractivity contribution is -0.138. The molecule has 0 aromatic carbocycles. The molecule has 116 valence electrons. The predicted molar refractivity (Wildman–Crippen MR) is 82.4 cm³/mol. The molecule has 2 rings (SSSR count). The molecule has 4 atom stereocenters. The Morgan fingerprint density at radius 1 is 1.30 bits per heavy atom. The molecule has 4 unspecified atom stereocenters. The van der Waals surface area contributed by atoms with Gasteiger partial charge in [0.2, 0.25) is 5.91 Å². The van der Waals surface area contributed by atoms with E-state index in [1.807, 2.05) is 0 Å². The summed E-state index contributed by atoms with van der Waals surface area (Å²) in [6, 6.07) is 0.720. The van der Waals surface area contributed by atoms with E-state index in [1.165, 1.54) is 12.8 Å². The average molecular weight is 281 g/mol. The van der Waals surface area contributed by atoms with Crippen LogP contribution < -0.4 is 5.73 Å². The van der Waals surface area contributed by atoms with E-state index in [-0.39, 0.29) is 5.92 Å².